The number of likely N-dealkylation sites (tertiary alicyclic amines) is 2. The van der Waals surface area contributed by atoms with E-state index in [2.05, 4.69) is 20.1 Å². The molecular formula is C17H32F3N5. The second-order valence-corrected chi connectivity index (χ2v) is 7.29. The van der Waals surface area contributed by atoms with Gasteiger partial charge in [-0.15, -0.1) is 0 Å². The Balaban J connectivity index is 1.68. The molecule has 0 spiro atoms. The highest BCUT2D eigenvalue weighted by Gasteiger charge is 2.29. The fraction of sp³-hybridized carbons (Fsp3) is 0.941. The third kappa shape index (κ3) is 7.40. The summed E-state index contributed by atoms with van der Waals surface area (Å²) in [5.74, 6) is 1.46. The Kier molecular flexibility index (Phi) is 7.81. The average Bonchev–Trinajstić information content (AvgIpc) is 2.99. The summed E-state index contributed by atoms with van der Waals surface area (Å²) in [6.45, 7) is 5.46. The zero-order valence-corrected chi connectivity index (χ0v) is 15.5. The number of alkyl halides is 3. The minimum atomic E-state index is -4.15. The first-order valence-corrected chi connectivity index (χ1v) is 9.30. The van der Waals surface area contributed by atoms with Crippen molar-refractivity contribution >= 4 is 5.96 Å². The maximum atomic E-state index is 12.3. The van der Waals surface area contributed by atoms with E-state index in [0.717, 1.165) is 32.0 Å². The van der Waals surface area contributed by atoms with Crippen LogP contribution in [0.15, 0.2) is 4.99 Å². The summed E-state index contributed by atoms with van der Waals surface area (Å²) in [4.78, 5) is 10.4. The van der Waals surface area contributed by atoms with Gasteiger partial charge in [0.05, 0.1) is 6.54 Å². The van der Waals surface area contributed by atoms with E-state index in [1.807, 2.05) is 0 Å². The van der Waals surface area contributed by atoms with E-state index in [4.69, 9.17) is 0 Å². The predicted molar refractivity (Wildman–Crippen MR) is 94.9 cm³/mol. The summed E-state index contributed by atoms with van der Waals surface area (Å²) >= 11 is 0. The number of hydrogen-bond donors (Lipinski definition) is 1. The Bertz CT molecular complexity index is 421. The van der Waals surface area contributed by atoms with E-state index in [1.54, 1.807) is 7.05 Å². The van der Waals surface area contributed by atoms with Gasteiger partial charge in [0.25, 0.3) is 0 Å². The molecule has 0 aliphatic carbocycles. The fourth-order valence-electron chi connectivity index (χ4n) is 3.76. The highest BCUT2D eigenvalue weighted by molar-refractivity contribution is 5.80. The Morgan fingerprint density at radius 2 is 1.92 bits per heavy atom. The fourth-order valence-corrected chi connectivity index (χ4v) is 3.76. The molecule has 0 aromatic rings. The molecule has 2 heterocycles. The number of piperidine rings is 1. The van der Waals surface area contributed by atoms with Gasteiger partial charge < -0.3 is 15.1 Å². The zero-order chi connectivity index (χ0) is 18.3. The molecule has 0 aromatic heterocycles. The normalized spacial score (nSPS) is 23.5. The molecule has 25 heavy (non-hydrogen) atoms. The molecule has 2 aliphatic rings. The number of halogens is 3. The Labute approximate surface area is 149 Å². The van der Waals surface area contributed by atoms with Crippen molar-refractivity contribution in [2.75, 3.05) is 66.5 Å². The van der Waals surface area contributed by atoms with Crippen LogP contribution in [-0.4, -0.2) is 93.3 Å². The molecule has 0 saturated carbocycles. The quantitative estimate of drug-likeness (QED) is 0.577. The second kappa shape index (κ2) is 9.62. The number of rotatable bonds is 6. The zero-order valence-electron chi connectivity index (χ0n) is 15.5. The van der Waals surface area contributed by atoms with Gasteiger partial charge in [0, 0.05) is 39.8 Å². The summed E-state index contributed by atoms with van der Waals surface area (Å²) in [5.41, 5.74) is 0. The maximum Gasteiger partial charge on any atom is 0.401 e. The van der Waals surface area contributed by atoms with Crippen LogP contribution in [0.1, 0.15) is 25.7 Å². The standard InChI is InChI=1S/C17H32F3N5/c1-21-16(22-7-11-23(2)14-17(18,19)20)25-10-6-15(13-25)12-24-8-4-3-5-9-24/h15H,3-14H2,1-2H3,(H,21,22). The van der Waals surface area contributed by atoms with Crippen molar-refractivity contribution in [1.29, 1.82) is 0 Å². The summed E-state index contributed by atoms with van der Waals surface area (Å²) in [6.07, 6.45) is 0.987. The SMILES string of the molecule is CN=C(NCCN(C)CC(F)(F)F)N1CCC(CN2CCCCC2)C1. The van der Waals surface area contributed by atoms with Gasteiger partial charge >= 0.3 is 6.18 Å². The lowest BCUT2D eigenvalue weighted by Gasteiger charge is -2.29. The Morgan fingerprint density at radius 3 is 2.56 bits per heavy atom. The van der Waals surface area contributed by atoms with Gasteiger partial charge in [-0.05, 0) is 45.3 Å². The van der Waals surface area contributed by atoms with Gasteiger partial charge in [0.2, 0.25) is 0 Å². The molecule has 2 rings (SSSR count). The lowest BCUT2D eigenvalue weighted by Crippen LogP contribution is -2.44. The maximum absolute atomic E-state index is 12.3. The van der Waals surface area contributed by atoms with Crippen molar-refractivity contribution in [3.8, 4) is 0 Å². The molecule has 0 aromatic carbocycles. The van der Waals surface area contributed by atoms with Crippen LogP contribution in [0, 0.1) is 5.92 Å². The first-order chi connectivity index (χ1) is 11.9. The molecular weight excluding hydrogens is 331 g/mol. The molecule has 1 N–H and O–H groups in total. The van der Waals surface area contributed by atoms with E-state index >= 15 is 0 Å². The van der Waals surface area contributed by atoms with Crippen LogP contribution in [0.4, 0.5) is 13.2 Å². The summed E-state index contributed by atoms with van der Waals surface area (Å²) in [6, 6.07) is 0. The topological polar surface area (TPSA) is 34.1 Å². The third-order valence-corrected chi connectivity index (χ3v) is 4.99. The van der Waals surface area contributed by atoms with Crippen LogP contribution in [0.2, 0.25) is 0 Å². The van der Waals surface area contributed by atoms with Crippen molar-refractivity contribution in [1.82, 2.24) is 20.0 Å². The number of nitrogens with zero attached hydrogens (tertiary/aromatic N) is 4. The van der Waals surface area contributed by atoms with Crippen LogP contribution in [-0.2, 0) is 0 Å². The van der Waals surface area contributed by atoms with Crippen molar-refractivity contribution in [2.24, 2.45) is 10.9 Å². The van der Waals surface area contributed by atoms with Crippen LogP contribution in [0.25, 0.3) is 0 Å². The number of guanidine groups is 1. The van der Waals surface area contributed by atoms with Crippen LogP contribution < -0.4 is 5.32 Å². The Hall–Kier alpha value is -1.02. The summed E-state index contributed by atoms with van der Waals surface area (Å²) < 4.78 is 37.0. The van der Waals surface area contributed by atoms with Crippen molar-refractivity contribution in [2.45, 2.75) is 31.9 Å². The molecule has 2 saturated heterocycles. The highest BCUT2D eigenvalue weighted by Crippen LogP contribution is 2.20. The second-order valence-electron chi connectivity index (χ2n) is 7.29. The predicted octanol–water partition coefficient (Wildman–Crippen LogP) is 1.86. The van der Waals surface area contributed by atoms with Crippen LogP contribution in [0.3, 0.4) is 0 Å². The van der Waals surface area contributed by atoms with E-state index < -0.39 is 12.7 Å². The van der Waals surface area contributed by atoms with Crippen LogP contribution in [0.5, 0.6) is 0 Å². The number of aliphatic imine (C=N–C) groups is 1. The first-order valence-electron chi connectivity index (χ1n) is 9.30. The summed E-state index contributed by atoms with van der Waals surface area (Å²) in [5, 5.41) is 3.21. The van der Waals surface area contributed by atoms with Gasteiger partial charge in [-0.2, -0.15) is 13.2 Å². The molecule has 0 radical (unpaired) electrons. The van der Waals surface area contributed by atoms with Gasteiger partial charge in [-0.25, -0.2) is 0 Å². The largest absolute Gasteiger partial charge is 0.401 e. The molecule has 2 fully saturated rings. The van der Waals surface area contributed by atoms with E-state index in [9.17, 15) is 13.2 Å². The van der Waals surface area contributed by atoms with Gasteiger partial charge in [-0.3, -0.25) is 9.89 Å². The van der Waals surface area contributed by atoms with Crippen LogP contribution >= 0.6 is 0 Å². The lowest BCUT2D eigenvalue weighted by atomic mass is 10.1. The van der Waals surface area contributed by atoms with E-state index in [0.29, 0.717) is 19.0 Å². The summed E-state index contributed by atoms with van der Waals surface area (Å²) in [7, 11) is 3.22. The van der Waals surface area contributed by atoms with E-state index in [1.165, 1.54) is 44.3 Å². The molecule has 146 valence electrons. The minimum Gasteiger partial charge on any atom is -0.355 e. The highest BCUT2D eigenvalue weighted by atomic mass is 19.4. The van der Waals surface area contributed by atoms with Crippen molar-refractivity contribution in [3.05, 3.63) is 0 Å². The smallest absolute Gasteiger partial charge is 0.355 e. The lowest BCUT2D eigenvalue weighted by molar-refractivity contribution is -0.142. The first kappa shape index (κ1) is 20.3. The minimum absolute atomic E-state index is 0.337. The van der Waals surface area contributed by atoms with Gasteiger partial charge in [0.1, 0.15) is 0 Å². The monoisotopic (exact) mass is 363 g/mol. The molecule has 1 atom stereocenters. The van der Waals surface area contributed by atoms with Gasteiger partial charge in [0.15, 0.2) is 5.96 Å². The number of nitrogens with one attached hydrogen (secondary N) is 1. The van der Waals surface area contributed by atoms with Crippen molar-refractivity contribution < 1.29 is 13.2 Å². The Morgan fingerprint density at radius 1 is 1.20 bits per heavy atom. The molecule has 0 bridgehead atoms. The molecule has 2 aliphatic heterocycles. The molecule has 8 heteroatoms. The van der Waals surface area contributed by atoms with Crippen molar-refractivity contribution in [3.63, 3.8) is 0 Å². The molecule has 1 unspecified atom stereocenters. The average molecular weight is 363 g/mol. The molecule has 0 amide bonds. The van der Waals surface area contributed by atoms with Gasteiger partial charge in [-0.1, -0.05) is 6.42 Å². The number of likely N-dealkylation sites (N-methyl/N-ethyl adjacent to an activating group) is 1. The van der Waals surface area contributed by atoms with E-state index in [-0.39, 0.29) is 0 Å². The number of hydrogen-bond acceptors (Lipinski definition) is 3. The molecule has 5 nitrogen and oxygen atoms in total. The third-order valence-electron chi connectivity index (χ3n) is 4.99.